The van der Waals surface area contributed by atoms with Crippen molar-refractivity contribution >= 4 is 30.5 Å². The second-order valence-electron chi connectivity index (χ2n) is 5.01. The fraction of sp³-hybridized carbons (Fsp3) is 0.375. The van der Waals surface area contributed by atoms with Gasteiger partial charge >= 0.3 is 7.60 Å². The van der Waals surface area contributed by atoms with Gasteiger partial charge in [-0.25, -0.2) is 4.98 Å². The van der Waals surface area contributed by atoms with E-state index in [0.29, 0.717) is 24.6 Å². The summed E-state index contributed by atoms with van der Waals surface area (Å²) in [5.41, 5.74) is 1.87. The number of carbonyl (C=O) groups is 1. The third kappa shape index (κ3) is 5.24. The van der Waals surface area contributed by atoms with E-state index in [-0.39, 0.29) is 12.1 Å². The molecule has 0 spiro atoms. The Balaban J connectivity index is 2.02. The predicted octanol–water partition coefficient (Wildman–Crippen LogP) is 4.47. The molecule has 24 heavy (non-hydrogen) atoms. The molecule has 0 radical (unpaired) electrons. The summed E-state index contributed by atoms with van der Waals surface area (Å²) in [6.07, 6.45) is 0.203. The lowest BCUT2D eigenvalue weighted by Gasteiger charge is -2.17. The van der Waals surface area contributed by atoms with E-state index in [1.807, 2.05) is 6.92 Å². The van der Waals surface area contributed by atoms with Crippen LogP contribution in [0.1, 0.15) is 34.9 Å². The first kappa shape index (κ1) is 18.8. The molecule has 0 aliphatic carbocycles. The van der Waals surface area contributed by atoms with Crippen molar-refractivity contribution in [1.29, 1.82) is 0 Å². The Morgan fingerprint density at radius 1 is 1.21 bits per heavy atom. The lowest BCUT2D eigenvalue weighted by Crippen LogP contribution is -2.12. The molecule has 8 heteroatoms. The van der Waals surface area contributed by atoms with Crippen molar-refractivity contribution in [2.24, 2.45) is 0 Å². The molecule has 2 rings (SSSR count). The van der Waals surface area contributed by atoms with Gasteiger partial charge in [-0.05, 0) is 38.5 Å². The van der Waals surface area contributed by atoms with Gasteiger partial charge in [0.15, 0.2) is 0 Å². The van der Waals surface area contributed by atoms with Crippen molar-refractivity contribution in [1.82, 2.24) is 4.98 Å². The molecule has 0 bridgehead atoms. The molecule has 1 amide bonds. The molecule has 2 aromatic rings. The van der Waals surface area contributed by atoms with E-state index in [4.69, 9.17) is 9.05 Å². The number of nitrogens with zero attached hydrogens (tertiary/aromatic N) is 1. The van der Waals surface area contributed by atoms with Gasteiger partial charge in [0.25, 0.3) is 5.91 Å². The van der Waals surface area contributed by atoms with Crippen molar-refractivity contribution in [2.45, 2.75) is 26.9 Å². The van der Waals surface area contributed by atoms with Gasteiger partial charge in [-0.2, -0.15) is 0 Å². The number of hydrogen-bond donors (Lipinski definition) is 1. The molecular formula is C16H21N2O4PS. The minimum absolute atomic E-state index is 0.203. The van der Waals surface area contributed by atoms with Crippen LogP contribution in [0.15, 0.2) is 29.6 Å². The first-order valence-corrected chi connectivity index (χ1v) is 10.3. The first-order valence-electron chi connectivity index (χ1n) is 7.66. The Morgan fingerprint density at radius 3 is 2.33 bits per heavy atom. The molecule has 0 fully saturated rings. The molecule has 1 heterocycles. The zero-order chi connectivity index (χ0) is 17.6. The van der Waals surface area contributed by atoms with Crippen LogP contribution in [0.25, 0.3) is 0 Å². The summed E-state index contributed by atoms with van der Waals surface area (Å²) >= 11 is 1.43. The van der Waals surface area contributed by atoms with E-state index < -0.39 is 7.60 Å². The van der Waals surface area contributed by atoms with E-state index in [1.54, 1.807) is 43.5 Å². The van der Waals surface area contributed by atoms with Crippen molar-refractivity contribution in [2.75, 3.05) is 18.5 Å². The number of aromatic nitrogens is 1. The van der Waals surface area contributed by atoms with Crippen LogP contribution in [0.2, 0.25) is 0 Å². The smallest absolute Gasteiger partial charge is 0.321 e. The van der Waals surface area contributed by atoms with Crippen LogP contribution in [0.3, 0.4) is 0 Å². The summed E-state index contributed by atoms with van der Waals surface area (Å²) in [5, 5.41) is 5.35. The first-order chi connectivity index (χ1) is 11.5. The highest BCUT2D eigenvalue weighted by atomic mass is 32.1. The van der Waals surface area contributed by atoms with Crippen LogP contribution in [0.5, 0.6) is 0 Å². The Labute approximate surface area is 145 Å². The second kappa shape index (κ2) is 8.53. The van der Waals surface area contributed by atoms with E-state index in [1.165, 1.54) is 11.3 Å². The van der Waals surface area contributed by atoms with Crippen LogP contribution in [0, 0.1) is 6.92 Å². The van der Waals surface area contributed by atoms with Gasteiger partial charge in [0, 0.05) is 11.1 Å². The lowest BCUT2D eigenvalue weighted by molar-refractivity contribution is 0.102. The Hall–Kier alpha value is -1.53. The monoisotopic (exact) mass is 368 g/mol. The fourth-order valence-corrected chi connectivity index (χ4v) is 4.40. The second-order valence-corrected chi connectivity index (χ2v) is 8.12. The van der Waals surface area contributed by atoms with Gasteiger partial charge in [0.05, 0.1) is 24.4 Å². The minimum atomic E-state index is -3.12. The number of rotatable bonds is 8. The molecule has 0 unspecified atom stereocenters. The molecule has 1 N–H and O–H groups in total. The topological polar surface area (TPSA) is 77.5 Å². The lowest BCUT2D eigenvalue weighted by atomic mass is 10.2. The standard InChI is InChI=1S/C16H21N2O4PS/c1-4-21-23(20,22-5-2)10-13-6-8-14(9-7-13)18-16(19)15-11-24-12(3)17-15/h6-9,11H,4-5,10H2,1-3H3,(H,18,19). The van der Waals surface area contributed by atoms with Crippen LogP contribution >= 0.6 is 18.9 Å². The van der Waals surface area contributed by atoms with Crippen molar-refractivity contribution in [3.63, 3.8) is 0 Å². The predicted molar refractivity (Wildman–Crippen MR) is 95.8 cm³/mol. The molecule has 0 atom stereocenters. The van der Waals surface area contributed by atoms with Gasteiger partial charge < -0.3 is 14.4 Å². The molecule has 0 saturated carbocycles. The molecule has 0 saturated heterocycles. The summed E-state index contributed by atoms with van der Waals surface area (Å²) in [6.45, 7) is 6.08. The summed E-state index contributed by atoms with van der Waals surface area (Å²) < 4.78 is 23.1. The quantitative estimate of drug-likeness (QED) is 0.696. The van der Waals surface area contributed by atoms with Gasteiger partial charge in [-0.15, -0.1) is 11.3 Å². The molecule has 0 aliphatic heterocycles. The van der Waals surface area contributed by atoms with Crippen LogP contribution < -0.4 is 5.32 Å². The van der Waals surface area contributed by atoms with E-state index in [9.17, 15) is 9.36 Å². The average molecular weight is 368 g/mol. The van der Waals surface area contributed by atoms with E-state index in [0.717, 1.165) is 10.6 Å². The van der Waals surface area contributed by atoms with Crippen LogP contribution in [-0.2, 0) is 19.8 Å². The molecule has 1 aromatic carbocycles. The molecule has 130 valence electrons. The maximum Gasteiger partial charge on any atom is 0.335 e. The fourth-order valence-electron chi connectivity index (χ4n) is 2.10. The van der Waals surface area contributed by atoms with Gasteiger partial charge in [0.2, 0.25) is 0 Å². The Bertz CT molecular complexity index is 720. The van der Waals surface area contributed by atoms with E-state index >= 15 is 0 Å². The molecule has 6 nitrogen and oxygen atoms in total. The summed E-state index contributed by atoms with van der Waals surface area (Å²) in [6, 6.07) is 7.11. The highest BCUT2D eigenvalue weighted by Gasteiger charge is 2.23. The van der Waals surface area contributed by atoms with Crippen LogP contribution in [0.4, 0.5) is 5.69 Å². The molecule has 0 aliphatic rings. The number of nitrogens with one attached hydrogen (secondary N) is 1. The Kier molecular flexibility index (Phi) is 6.69. The number of aryl methyl sites for hydroxylation is 1. The van der Waals surface area contributed by atoms with Gasteiger partial charge in [-0.1, -0.05) is 12.1 Å². The number of benzene rings is 1. The van der Waals surface area contributed by atoms with Crippen molar-refractivity contribution in [3.8, 4) is 0 Å². The summed E-state index contributed by atoms with van der Waals surface area (Å²) in [5.74, 6) is -0.249. The molecular weight excluding hydrogens is 347 g/mol. The molecule has 1 aromatic heterocycles. The minimum Gasteiger partial charge on any atom is -0.321 e. The summed E-state index contributed by atoms with van der Waals surface area (Å²) in [4.78, 5) is 16.2. The largest absolute Gasteiger partial charge is 0.335 e. The number of thiazole rings is 1. The summed E-state index contributed by atoms with van der Waals surface area (Å²) in [7, 11) is -3.12. The van der Waals surface area contributed by atoms with Gasteiger partial charge in [0.1, 0.15) is 5.69 Å². The van der Waals surface area contributed by atoms with Crippen molar-refractivity contribution < 1.29 is 18.4 Å². The maximum absolute atomic E-state index is 12.5. The zero-order valence-electron chi connectivity index (χ0n) is 13.9. The highest BCUT2D eigenvalue weighted by Crippen LogP contribution is 2.51. The van der Waals surface area contributed by atoms with Crippen molar-refractivity contribution in [3.05, 3.63) is 45.9 Å². The third-order valence-corrected chi connectivity index (χ3v) is 5.92. The average Bonchev–Trinajstić information content (AvgIpc) is 2.96. The SMILES string of the molecule is CCOP(=O)(Cc1ccc(NC(=O)c2csc(C)n2)cc1)OCC. The number of amides is 1. The van der Waals surface area contributed by atoms with E-state index in [2.05, 4.69) is 10.3 Å². The number of carbonyl (C=O) groups excluding carboxylic acids is 1. The Morgan fingerprint density at radius 2 is 1.83 bits per heavy atom. The third-order valence-electron chi connectivity index (χ3n) is 3.09. The maximum atomic E-state index is 12.5. The number of hydrogen-bond acceptors (Lipinski definition) is 6. The normalized spacial score (nSPS) is 11.5. The highest BCUT2D eigenvalue weighted by molar-refractivity contribution is 7.53. The number of anilines is 1. The van der Waals surface area contributed by atoms with Crippen LogP contribution in [-0.4, -0.2) is 24.1 Å². The van der Waals surface area contributed by atoms with Gasteiger partial charge in [-0.3, -0.25) is 9.36 Å². The zero-order valence-corrected chi connectivity index (χ0v) is 15.7.